The van der Waals surface area contributed by atoms with Crippen LogP contribution in [0.4, 0.5) is 0 Å². The predicted molar refractivity (Wildman–Crippen MR) is 127 cm³/mol. The van der Waals surface area contributed by atoms with Crippen molar-refractivity contribution in [3.63, 3.8) is 0 Å². The van der Waals surface area contributed by atoms with Crippen molar-refractivity contribution in [2.24, 2.45) is 5.92 Å². The molecule has 6 N–H and O–H groups in total. The first kappa shape index (κ1) is 27.5. The topological polar surface area (TPSA) is 138 Å². The highest BCUT2D eigenvalue weighted by molar-refractivity contribution is 6.27. The minimum absolute atomic E-state index is 0. The number of carboxylic acid groups (broad SMARTS) is 2. The Bertz CT molecular complexity index is 912. The van der Waals surface area contributed by atoms with Gasteiger partial charge in [-0.2, -0.15) is 0 Å². The highest BCUT2D eigenvalue weighted by Crippen LogP contribution is 2.36. The summed E-state index contributed by atoms with van der Waals surface area (Å²) in [7, 11) is 0. The molecule has 0 amide bonds. The Kier molecular flexibility index (Phi) is 11.5. The fourth-order valence-electron chi connectivity index (χ4n) is 3.46. The van der Waals surface area contributed by atoms with Crippen molar-refractivity contribution in [2.45, 2.75) is 18.9 Å². The number of aliphatic hydroxyl groups is 1. The summed E-state index contributed by atoms with van der Waals surface area (Å²) in [5, 5.41) is 30.0. The van der Waals surface area contributed by atoms with Crippen molar-refractivity contribution in [1.82, 2.24) is 5.32 Å². The molecular weight excluding hydrogens is 422 g/mol. The third-order valence-corrected chi connectivity index (χ3v) is 5.21. The quantitative estimate of drug-likeness (QED) is 0.306. The van der Waals surface area contributed by atoms with Gasteiger partial charge in [0.2, 0.25) is 0 Å². The Hall–Kier alpha value is -3.52. The molecule has 3 rings (SSSR count). The van der Waals surface area contributed by atoms with E-state index in [9.17, 15) is 5.11 Å². The maximum absolute atomic E-state index is 11.7. The van der Waals surface area contributed by atoms with Crippen LogP contribution in [0.1, 0.15) is 23.6 Å². The van der Waals surface area contributed by atoms with E-state index in [4.69, 9.17) is 19.8 Å². The van der Waals surface area contributed by atoms with Crippen LogP contribution < -0.4 is 5.32 Å². The minimum atomic E-state index is -1.82. The second kappa shape index (κ2) is 13.8. The van der Waals surface area contributed by atoms with Crippen LogP contribution in [-0.2, 0) is 21.6 Å². The standard InChI is InChI=1S/C24H27NO.C2H2O4.H2O/c1-20(19-25-18-17-21-11-5-2-6-12-21)24(26,22-13-7-3-8-14-22)23-15-9-4-10-16-23;3-1(4)2(5)6;/h2-16,20,25-26H,17-19H2,1H3;(H,3,4)(H,5,6);1H2. The third-order valence-electron chi connectivity index (χ3n) is 5.21. The molecule has 33 heavy (non-hydrogen) atoms. The van der Waals surface area contributed by atoms with Gasteiger partial charge in [-0.15, -0.1) is 0 Å². The lowest BCUT2D eigenvalue weighted by Gasteiger charge is -2.35. The Morgan fingerprint density at radius 2 is 1.18 bits per heavy atom. The first-order valence-electron chi connectivity index (χ1n) is 10.4. The van der Waals surface area contributed by atoms with Gasteiger partial charge in [0.25, 0.3) is 0 Å². The molecule has 176 valence electrons. The Morgan fingerprint density at radius 1 is 0.788 bits per heavy atom. The lowest BCUT2D eigenvalue weighted by atomic mass is 9.77. The summed E-state index contributed by atoms with van der Waals surface area (Å²) in [5.74, 6) is -3.62. The fourth-order valence-corrected chi connectivity index (χ4v) is 3.46. The zero-order valence-electron chi connectivity index (χ0n) is 18.5. The molecule has 3 aromatic carbocycles. The zero-order chi connectivity index (χ0) is 23.4. The van der Waals surface area contributed by atoms with E-state index in [1.807, 2.05) is 66.7 Å². The third kappa shape index (κ3) is 8.16. The number of aliphatic carboxylic acids is 2. The number of hydrogen-bond donors (Lipinski definition) is 4. The van der Waals surface area contributed by atoms with Crippen LogP contribution in [0.5, 0.6) is 0 Å². The van der Waals surface area contributed by atoms with E-state index in [0.29, 0.717) is 0 Å². The number of benzene rings is 3. The Labute approximate surface area is 193 Å². The lowest BCUT2D eigenvalue weighted by Crippen LogP contribution is -2.40. The van der Waals surface area contributed by atoms with Crippen molar-refractivity contribution in [3.8, 4) is 0 Å². The largest absolute Gasteiger partial charge is 0.473 e. The van der Waals surface area contributed by atoms with Crippen LogP contribution >= 0.6 is 0 Å². The van der Waals surface area contributed by atoms with Crippen LogP contribution in [-0.4, -0.2) is 45.8 Å². The molecule has 3 aromatic rings. The maximum atomic E-state index is 11.7. The maximum Gasteiger partial charge on any atom is 0.414 e. The van der Waals surface area contributed by atoms with Gasteiger partial charge in [0, 0.05) is 12.5 Å². The van der Waals surface area contributed by atoms with Crippen LogP contribution in [0.2, 0.25) is 0 Å². The average Bonchev–Trinajstić information content (AvgIpc) is 2.83. The SMILES string of the molecule is CC(CNCCc1ccccc1)C(O)(c1ccccc1)c1ccccc1.O.O=C(O)C(=O)O. The van der Waals surface area contributed by atoms with Gasteiger partial charge in [-0.3, -0.25) is 0 Å². The fraction of sp³-hybridized carbons (Fsp3) is 0.231. The normalized spacial score (nSPS) is 11.3. The summed E-state index contributed by atoms with van der Waals surface area (Å²) in [5.41, 5.74) is 2.18. The van der Waals surface area contributed by atoms with Gasteiger partial charge >= 0.3 is 11.9 Å². The average molecular weight is 454 g/mol. The van der Waals surface area contributed by atoms with E-state index >= 15 is 0 Å². The van der Waals surface area contributed by atoms with E-state index in [1.165, 1.54) is 5.56 Å². The van der Waals surface area contributed by atoms with Crippen molar-refractivity contribution in [1.29, 1.82) is 0 Å². The van der Waals surface area contributed by atoms with E-state index < -0.39 is 17.5 Å². The van der Waals surface area contributed by atoms with Gasteiger partial charge in [0.1, 0.15) is 5.60 Å². The number of carboxylic acids is 2. The summed E-state index contributed by atoms with van der Waals surface area (Å²) in [6.45, 7) is 3.75. The molecule has 0 saturated carbocycles. The summed E-state index contributed by atoms with van der Waals surface area (Å²) in [4.78, 5) is 18.2. The molecule has 0 fully saturated rings. The molecule has 0 aromatic heterocycles. The van der Waals surface area contributed by atoms with Crippen LogP contribution in [0.15, 0.2) is 91.0 Å². The number of rotatable bonds is 8. The summed E-state index contributed by atoms with van der Waals surface area (Å²) in [6.07, 6.45) is 0.989. The van der Waals surface area contributed by atoms with Gasteiger partial charge in [0.15, 0.2) is 0 Å². The molecule has 0 bridgehead atoms. The first-order valence-corrected chi connectivity index (χ1v) is 10.4. The molecular formula is C26H31NO6. The van der Waals surface area contributed by atoms with E-state index in [1.54, 1.807) is 0 Å². The second-order valence-electron chi connectivity index (χ2n) is 7.45. The van der Waals surface area contributed by atoms with Crippen molar-refractivity contribution >= 4 is 11.9 Å². The molecule has 1 atom stereocenters. The van der Waals surface area contributed by atoms with E-state index in [2.05, 4.69) is 36.5 Å². The highest BCUT2D eigenvalue weighted by Gasteiger charge is 2.37. The molecule has 1 unspecified atom stereocenters. The summed E-state index contributed by atoms with van der Waals surface area (Å²) in [6, 6.07) is 30.4. The monoisotopic (exact) mass is 453 g/mol. The molecule has 0 saturated heterocycles. The van der Waals surface area contributed by atoms with Gasteiger partial charge in [-0.05, 0) is 29.7 Å². The smallest absolute Gasteiger partial charge is 0.414 e. The highest BCUT2D eigenvalue weighted by atomic mass is 16.4. The number of carbonyl (C=O) groups is 2. The predicted octanol–water partition coefficient (Wildman–Crippen LogP) is 2.72. The zero-order valence-corrected chi connectivity index (χ0v) is 18.5. The molecule has 7 heteroatoms. The number of nitrogens with one attached hydrogen (secondary N) is 1. The Morgan fingerprint density at radius 3 is 1.58 bits per heavy atom. The molecule has 0 radical (unpaired) electrons. The van der Waals surface area contributed by atoms with E-state index in [0.717, 1.165) is 30.6 Å². The molecule has 0 aliphatic carbocycles. The van der Waals surface area contributed by atoms with Crippen molar-refractivity contribution in [3.05, 3.63) is 108 Å². The molecule has 0 heterocycles. The van der Waals surface area contributed by atoms with Crippen LogP contribution in [0, 0.1) is 5.92 Å². The molecule has 7 nitrogen and oxygen atoms in total. The minimum Gasteiger partial charge on any atom is -0.473 e. The van der Waals surface area contributed by atoms with Crippen LogP contribution in [0.25, 0.3) is 0 Å². The van der Waals surface area contributed by atoms with Gasteiger partial charge in [-0.1, -0.05) is 97.9 Å². The second-order valence-corrected chi connectivity index (χ2v) is 7.45. The van der Waals surface area contributed by atoms with Crippen molar-refractivity contribution < 1.29 is 30.4 Å². The molecule has 0 spiro atoms. The summed E-state index contributed by atoms with van der Waals surface area (Å²) < 4.78 is 0. The van der Waals surface area contributed by atoms with Gasteiger partial charge in [-0.25, -0.2) is 9.59 Å². The van der Waals surface area contributed by atoms with Crippen LogP contribution in [0.3, 0.4) is 0 Å². The van der Waals surface area contributed by atoms with Gasteiger partial charge < -0.3 is 26.1 Å². The molecule has 0 aliphatic heterocycles. The first-order chi connectivity index (χ1) is 15.4. The van der Waals surface area contributed by atoms with E-state index in [-0.39, 0.29) is 11.4 Å². The molecule has 0 aliphatic rings. The van der Waals surface area contributed by atoms with Gasteiger partial charge in [0.05, 0.1) is 0 Å². The summed E-state index contributed by atoms with van der Waals surface area (Å²) >= 11 is 0. The number of hydrogen-bond acceptors (Lipinski definition) is 4. The van der Waals surface area contributed by atoms with Crippen molar-refractivity contribution in [2.75, 3.05) is 13.1 Å². The lowest BCUT2D eigenvalue weighted by molar-refractivity contribution is -0.159. The Balaban J connectivity index is 0.000000691.